The van der Waals surface area contributed by atoms with Crippen molar-refractivity contribution < 1.29 is 14.7 Å². The van der Waals surface area contributed by atoms with E-state index >= 15 is 0 Å². The van der Waals surface area contributed by atoms with Gasteiger partial charge in [-0.2, -0.15) is 0 Å². The highest BCUT2D eigenvalue weighted by molar-refractivity contribution is 6.01. The van der Waals surface area contributed by atoms with Gasteiger partial charge in [-0.25, -0.2) is 4.99 Å². The van der Waals surface area contributed by atoms with Crippen molar-refractivity contribution in [1.29, 1.82) is 0 Å². The third kappa shape index (κ3) is 2.99. The first-order valence-electron chi connectivity index (χ1n) is 4.84. The maximum Gasteiger partial charge on any atom is 0.282 e. The Balaban J connectivity index is 2.56. The van der Waals surface area contributed by atoms with Gasteiger partial charge in [0, 0.05) is 12.8 Å². The van der Waals surface area contributed by atoms with Crippen molar-refractivity contribution in [3.63, 3.8) is 0 Å². The molecule has 1 aliphatic rings. The minimum absolute atomic E-state index is 0.278. The van der Waals surface area contributed by atoms with Crippen LogP contribution in [0.25, 0.3) is 0 Å². The number of allylic oxidation sites excluding steroid dienone is 1. The van der Waals surface area contributed by atoms with Crippen LogP contribution in [0.15, 0.2) is 17.1 Å². The molecule has 0 fully saturated rings. The van der Waals surface area contributed by atoms with Gasteiger partial charge < -0.3 is 10.4 Å². The summed E-state index contributed by atoms with van der Waals surface area (Å²) in [5.74, 6) is -1.05. The third-order valence-electron chi connectivity index (χ3n) is 2.02. The quantitative estimate of drug-likeness (QED) is 0.674. The molecule has 1 atom stereocenters. The second-order valence-electron chi connectivity index (χ2n) is 3.39. The predicted octanol–water partition coefficient (Wildman–Crippen LogP) is -0.199. The normalized spacial score (nSPS) is 24.3. The molecule has 1 unspecified atom stereocenters. The van der Waals surface area contributed by atoms with Crippen LogP contribution < -0.4 is 5.32 Å². The van der Waals surface area contributed by atoms with Crippen LogP contribution in [-0.4, -0.2) is 35.3 Å². The molecule has 15 heavy (non-hydrogen) atoms. The summed E-state index contributed by atoms with van der Waals surface area (Å²) in [6, 6.07) is 0. The van der Waals surface area contributed by atoms with Gasteiger partial charge in [0.2, 0.25) is 5.91 Å². The zero-order valence-electron chi connectivity index (χ0n) is 8.56. The number of dihydropyridines is 1. The number of hydrogen-bond acceptors (Lipinski definition) is 3. The molecule has 2 N–H and O–H groups in total. The first-order chi connectivity index (χ1) is 7.08. The smallest absolute Gasteiger partial charge is 0.282 e. The van der Waals surface area contributed by atoms with Crippen molar-refractivity contribution in [3.8, 4) is 0 Å². The Bertz CT molecular complexity index is 323. The summed E-state index contributed by atoms with van der Waals surface area (Å²) in [7, 11) is 0. The average Bonchev–Trinajstić information content (AvgIpc) is 2.20. The molecule has 1 heterocycles. The molecule has 1 rings (SSSR count). The second-order valence-corrected chi connectivity index (χ2v) is 3.39. The number of aliphatic imine (C=N–C) groups is 1. The lowest BCUT2D eigenvalue weighted by Crippen LogP contribution is -2.42. The Morgan fingerprint density at radius 2 is 2.40 bits per heavy atom. The van der Waals surface area contributed by atoms with E-state index < -0.39 is 11.5 Å². The Labute approximate surface area is 87.9 Å². The molecule has 2 amide bonds. The van der Waals surface area contributed by atoms with Gasteiger partial charge >= 0.3 is 0 Å². The monoisotopic (exact) mass is 210 g/mol. The lowest BCUT2D eigenvalue weighted by molar-refractivity contribution is -0.138. The number of rotatable bonds is 4. The number of amides is 2. The van der Waals surface area contributed by atoms with E-state index in [1.807, 2.05) is 6.92 Å². The first kappa shape index (κ1) is 11.6. The van der Waals surface area contributed by atoms with Gasteiger partial charge in [0.15, 0.2) is 5.60 Å². The van der Waals surface area contributed by atoms with Gasteiger partial charge in [-0.3, -0.25) is 9.59 Å². The number of nitrogens with one attached hydrogen (secondary N) is 1. The topological polar surface area (TPSA) is 78.8 Å². The van der Waals surface area contributed by atoms with Gasteiger partial charge in [0.05, 0.1) is 6.42 Å². The highest BCUT2D eigenvalue weighted by atomic mass is 16.3. The van der Waals surface area contributed by atoms with Crippen LogP contribution >= 0.6 is 0 Å². The Hall–Kier alpha value is -1.49. The molecule has 5 heteroatoms. The highest BCUT2D eigenvalue weighted by Gasteiger charge is 2.36. The first-order valence-corrected chi connectivity index (χ1v) is 4.84. The SMILES string of the molecule is CCCNC(=O)CC1(O)C=CC=NC1=O. The number of carbonyl (C=O) groups is 2. The molecule has 0 saturated carbocycles. The molecule has 0 aromatic heterocycles. The minimum atomic E-state index is -1.77. The van der Waals surface area contributed by atoms with E-state index in [-0.39, 0.29) is 12.3 Å². The summed E-state index contributed by atoms with van der Waals surface area (Å²) in [4.78, 5) is 26.0. The van der Waals surface area contributed by atoms with Crippen molar-refractivity contribution in [1.82, 2.24) is 5.32 Å². The summed E-state index contributed by atoms with van der Waals surface area (Å²) >= 11 is 0. The fourth-order valence-electron chi connectivity index (χ4n) is 1.20. The summed E-state index contributed by atoms with van der Waals surface area (Å²) in [6.45, 7) is 2.46. The summed E-state index contributed by atoms with van der Waals surface area (Å²) in [5.41, 5.74) is -1.77. The second kappa shape index (κ2) is 4.84. The van der Waals surface area contributed by atoms with Crippen molar-refractivity contribution in [3.05, 3.63) is 12.2 Å². The largest absolute Gasteiger partial charge is 0.375 e. The van der Waals surface area contributed by atoms with E-state index in [0.29, 0.717) is 6.54 Å². The zero-order chi connectivity index (χ0) is 11.3. The Morgan fingerprint density at radius 3 is 3.00 bits per heavy atom. The fraction of sp³-hybridized carbons (Fsp3) is 0.500. The lowest BCUT2D eigenvalue weighted by atomic mass is 9.96. The summed E-state index contributed by atoms with van der Waals surface area (Å²) in [5, 5.41) is 12.4. The third-order valence-corrected chi connectivity index (χ3v) is 2.02. The Morgan fingerprint density at radius 1 is 1.67 bits per heavy atom. The number of hydrogen-bond donors (Lipinski definition) is 2. The molecule has 0 aliphatic carbocycles. The van der Waals surface area contributed by atoms with Crippen LogP contribution in [0.4, 0.5) is 0 Å². The van der Waals surface area contributed by atoms with Crippen LogP contribution in [0.3, 0.4) is 0 Å². The summed E-state index contributed by atoms with van der Waals surface area (Å²) < 4.78 is 0. The molecular weight excluding hydrogens is 196 g/mol. The number of aliphatic hydroxyl groups is 1. The summed E-state index contributed by atoms with van der Waals surface area (Å²) in [6.07, 6.45) is 4.56. The van der Waals surface area contributed by atoms with Gasteiger partial charge in [-0.05, 0) is 18.6 Å². The lowest BCUT2D eigenvalue weighted by Gasteiger charge is -2.21. The van der Waals surface area contributed by atoms with Gasteiger partial charge in [0.1, 0.15) is 0 Å². The highest BCUT2D eigenvalue weighted by Crippen LogP contribution is 2.16. The molecule has 0 radical (unpaired) electrons. The molecule has 0 aromatic carbocycles. The van der Waals surface area contributed by atoms with E-state index in [9.17, 15) is 14.7 Å². The van der Waals surface area contributed by atoms with Gasteiger partial charge in [-0.15, -0.1) is 0 Å². The molecule has 0 bridgehead atoms. The van der Waals surface area contributed by atoms with Crippen LogP contribution in [-0.2, 0) is 9.59 Å². The van der Waals surface area contributed by atoms with Crippen molar-refractivity contribution >= 4 is 18.0 Å². The number of nitrogens with zero attached hydrogens (tertiary/aromatic N) is 1. The van der Waals surface area contributed by atoms with E-state index in [1.54, 1.807) is 0 Å². The molecule has 0 saturated heterocycles. The van der Waals surface area contributed by atoms with Crippen molar-refractivity contribution in [2.45, 2.75) is 25.4 Å². The van der Waals surface area contributed by atoms with E-state index in [2.05, 4.69) is 10.3 Å². The van der Waals surface area contributed by atoms with Crippen molar-refractivity contribution in [2.24, 2.45) is 4.99 Å². The molecular formula is C10H14N2O3. The molecule has 82 valence electrons. The van der Waals surface area contributed by atoms with Gasteiger partial charge in [-0.1, -0.05) is 6.92 Å². The Kier molecular flexibility index (Phi) is 3.74. The van der Waals surface area contributed by atoms with Crippen LogP contribution in [0, 0.1) is 0 Å². The van der Waals surface area contributed by atoms with E-state index in [4.69, 9.17) is 0 Å². The molecule has 5 nitrogen and oxygen atoms in total. The molecule has 1 aliphatic heterocycles. The molecule has 0 aromatic rings. The molecule has 0 spiro atoms. The van der Waals surface area contributed by atoms with Crippen LogP contribution in [0.1, 0.15) is 19.8 Å². The van der Waals surface area contributed by atoms with Gasteiger partial charge in [0.25, 0.3) is 5.91 Å². The standard InChI is InChI=1S/C10H14N2O3/c1-2-5-11-8(13)7-10(15)4-3-6-12-9(10)14/h3-4,6,15H,2,5,7H2,1H3,(H,11,13). The maximum atomic E-state index is 11.3. The van der Waals surface area contributed by atoms with Crippen LogP contribution in [0.5, 0.6) is 0 Å². The maximum absolute atomic E-state index is 11.3. The van der Waals surface area contributed by atoms with E-state index in [1.165, 1.54) is 18.4 Å². The van der Waals surface area contributed by atoms with Crippen molar-refractivity contribution in [2.75, 3.05) is 6.54 Å². The zero-order valence-corrected chi connectivity index (χ0v) is 8.56. The average molecular weight is 210 g/mol. The number of carbonyl (C=O) groups excluding carboxylic acids is 2. The fourth-order valence-corrected chi connectivity index (χ4v) is 1.20. The predicted molar refractivity (Wildman–Crippen MR) is 55.5 cm³/mol. The van der Waals surface area contributed by atoms with Crippen LogP contribution in [0.2, 0.25) is 0 Å². The van der Waals surface area contributed by atoms with E-state index in [0.717, 1.165) is 6.42 Å². The minimum Gasteiger partial charge on any atom is -0.375 e.